The van der Waals surface area contributed by atoms with E-state index in [2.05, 4.69) is 133 Å². The zero-order chi connectivity index (χ0) is 32.8. The third-order valence-corrected chi connectivity index (χ3v) is 12.2. The summed E-state index contributed by atoms with van der Waals surface area (Å²) in [6.07, 6.45) is 0. The smallest absolute Gasteiger partial charge is 0.164 e. The summed E-state index contributed by atoms with van der Waals surface area (Å²) in [5, 5.41) is 12.6. The van der Waals surface area contributed by atoms with Crippen molar-refractivity contribution in [3.8, 4) is 34.2 Å². The van der Waals surface area contributed by atoms with Crippen LogP contribution in [0.1, 0.15) is 0 Å². The fraction of sp³-hybridized carbons (Fsp3) is 0. The maximum Gasteiger partial charge on any atom is 0.164 e. The molecule has 50 heavy (non-hydrogen) atoms. The quantitative estimate of drug-likeness (QED) is 0.176. The maximum absolute atomic E-state index is 5.13. The average Bonchev–Trinajstić information content (AvgIpc) is 3.76. The molecule has 0 unspecified atom stereocenters. The molecule has 3 aromatic heterocycles. The topological polar surface area (TPSA) is 38.7 Å². The number of rotatable bonds is 3. The van der Waals surface area contributed by atoms with Crippen LogP contribution in [0.4, 0.5) is 0 Å². The molecule has 0 fully saturated rings. The second-order valence-corrected chi connectivity index (χ2v) is 14.9. The highest BCUT2D eigenvalue weighted by Crippen LogP contribution is 2.42. The lowest BCUT2D eigenvalue weighted by atomic mass is 9.93. The van der Waals surface area contributed by atoms with E-state index in [1.165, 1.54) is 67.3 Å². The number of aromatic nitrogens is 3. The van der Waals surface area contributed by atoms with Crippen molar-refractivity contribution < 1.29 is 0 Å². The number of hydrogen-bond donors (Lipinski definition) is 0. The van der Waals surface area contributed by atoms with Crippen LogP contribution in [0, 0.1) is 0 Å². The van der Waals surface area contributed by atoms with Crippen molar-refractivity contribution in [2.45, 2.75) is 0 Å². The zero-order valence-corrected chi connectivity index (χ0v) is 28.2. The van der Waals surface area contributed by atoms with Crippen molar-refractivity contribution in [3.63, 3.8) is 0 Å². The van der Waals surface area contributed by atoms with Gasteiger partial charge >= 0.3 is 0 Å². The summed E-state index contributed by atoms with van der Waals surface area (Å²) in [4.78, 5) is 15.2. The van der Waals surface area contributed by atoms with Crippen molar-refractivity contribution >= 4 is 95.3 Å². The highest BCUT2D eigenvalue weighted by molar-refractivity contribution is 7.26. The lowest BCUT2D eigenvalue weighted by Gasteiger charge is -2.12. The molecule has 0 atom stereocenters. The van der Waals surface area contributed by atoms with Gasteiger partial charge in [0.1, 0.15) is 0 Å². The van der Waals surface area contributed by atoms with Crippen LogP contribution in [0.5, 0.6) is 0 Å². The zero-order valence-electron chi connectivity index (χ0n) is 26.6. The van der Waals surface area contributed by atoms with Crippen molar-refractivity contribution in [2.75, 3.05) is 0 Å². The number of nitrogens with zero attached hydrogens (tertiary/aromatic N) is 3. The van der Waals surface area contributed by atoms with Gasteiger partial charge < -0.3 is 0 Å². The molecule has 0 saturated carbocycles. The van der Waals surface area contributed by atoms with Crippen LogP contribution in [0.3, 0.4) is 0 Å². The van der Waals surface area contributed by atoms with Gasteiger partial charge in [-0.2, -0.15) is 0 Å². The summed E-state index contributed by atoms with van der Waals surface area (Å²) in [6.45, 7) is 0. The fourth-order valence-corrected chi connectivity index (χ4v) is 9.76. The molecule has 8 aromatic carbocycles. The number of hydrogen-bond acceptors (Lipinski definition) is 5. The molecular weight excluding hydrogens is 647 g/mol. The van der Waals surface area contributed by atoms with E-state index >= 15 is 0 Å². The van der Waals surface area contributed by atoms with Gasteiger partial charge in [0, 0.05) is 57.0 Å². The van der Waals surface area contributed by atoms with Crippen LogP contribution < -0.4 is 0 Å². The molecule has 11 rings (SSSR count). The highest BCUT2D eigenvalue weighted by atomic mass is 32.1. The van der Waals surface area contributed by atoms with E-state index in [0.717, 1.165) is 22.1 Å². The Labute approximate surface area is 294 Å². The SMILES string of the molecule is c1ccc(-c2nc(-c3ccc4c(ccc5ccc6c(ccc7sc8ccccc8c76)c54)c3)nc(-c3ccc4sc5ccccc5c4c3)n2)cc1. The van der Waals surface area contributed by atoms with E-state index in [1.54, 1.807) is 0 Å². The van der Waals surface area contributed by atoms with Gasteiger partial charge in [-0.1, -0.05) is 109 Å². The molecule has 5 heteroatoms. The minimum absolute atomic E-state index is 0.662. The van der Waals surface area contributed by atoms with Gasteiger partial charge in [0.25, 0.3) is 0 Å². The Balaban J connectivity index is 1.11. The summed E-state index contributed by atoms with van der Waals surface area (Å²) in [5.74, 6) is 2.00. The molecule has 0 radical (unpaired) electrons. The second kappa shape index (κ2) is 10.7. The molecule has 0 bridgehead atoms. The maximum atomic E-state index is 5.13. The van der Waals surface area contributed by atoms with Gasteiger partial charge in [0.15, 0.2) is 17.5 Å². The van der Waals surface area contributed by atoms with Crippen molar-refractivity contribution in [2.24, 2.45) is 0 Å². The number of benzene rings is 8. The molecule has 0 aliphatic carbocycles. The van der Waals surface area contributed by atoms with E-state index in [0.29, 0.717) is 17.5 Å². The van der Waals surface area contributed by atoms with Crippen molar-refractivity contribution in [1.82, 2.24) is 15.0 Å². The van der Waals surface area contributed by atoms with E-state index in [1.807, 2.05) is 40.9 Å². The molecule has 3 heterocycles. The number of fused-ring (bicyclic) bond motifs is 12. The van der Waals surface area contributed by atoms with Crippen LogP contribution in [0.25, 0.3) is 107 Å². The highest BCUT2D eigenvalue weighted by Gasteiger charge is 2.16. The van der Waals surface area contributed by atoms with Gasteiger partial charge in [-0.05, 0) is 74.8 Å². The minimum atomic E-state index is 0.662. The van der Waals surface area contributed by atoms with E-state index in [-0.39, 0.29) is 0 Å². The molecule has 3 nitrogen and oxygen atoms in total. The Kier molecular flexibility index (Phi) is 5.99. The number of thiophene rings is 2. The first-order valence-corrected chi connectivity index (χ1v) is 18.3. The summed E-state index contributed by atoms with van der Waals surface area (Å²) in [6, 6.07) is 54.4. The van der Waals surface area contributed by atoms with Crippen LogP contribution >= 0.6 is 22.7 Å². The van der Waals surface area contributed by atoms with Gasteiger partial charge in [-0.25, -0.2) is 15.0 Å². The summed E-state index contributed by atoms with van der Waals surface area (Å²) in [5.41, 5.74) is 2.91. The molecule has 0 aliphatic rings. The standard InChI is InChI=1S/C45H25N3S2/c1-2-8-27(9-3-1)43-46-44(48-45(47-43)30-18-22-39-36(25-30)32-10-4-6-12-37(32)49-39)29-17-19-31-28(24-29)15-14-26-16-20-34-33(41(26)31)21-23-40-42(34)35-11-5-7-13-38(35)50-40/h1-25H. The molecule has 0 aliphatic heterocycles. The van der Waals surface area contributed by atoms with E-state index in [4.69, 9.17) is 15.0 Å². The van der Waals surface area contributed by atoms with Crippen LogP contribution in [-0.2, 0) is 0 Å². The Bertz CT molecular complexity index is 3160. The molecule has 232 valence electrons. The Morgan fingerprint density at radius 2 is 0.840 bits per heavy atom. The predicted octanol–water partition coefficient (Wildman–Crippen LogP) is 13.1. The van der Waals surface area contributed by atoms with E-state index in [9.17, 15) is 0 Å². The fourth-order valence-electron chi connectivity index (χ4n) is 7.55. The van der Waals surface area contributed by atoms with Crippen LogP contribution in [0.15, 0.2) is 152 Å². The summed E-state index contributed by atoms with van der Waals surface area (Å²) in [7, 11) is 0. The molecule has 11 aromatic rings. The third kappa shape index (κ3) is 4.24. The second-order valence-electron chi connectivity index (χ2n) is 12.8. The molecule has 0 N–H and O–H groups in total. The Morgan fingerprint density at radius 1 is 0.300 bits per heavy atom. The van der Waals surface area contributed by atoms with Gasteiger partial charge in [0.05, 0.1) is 0 Å². The monoisotopic (exact) mass is 671 g/mol. The van der Waals surface area contributed by atoms with Crippen LogP contribution in [0.2, 0.25) is 0 Å². The summed E-state index contributed by atoms with van der Waals surface area (Å²) >= 11 is 3.68. The third-order valence-electron chi connectivity index (χ3n) is 9.90. The molecular formula is C45H25N3S2. The van der Waals surface area contributed by atoms with Crippen molar-refractivity contribution in [3.05, 3.63) is 152 Å². The average molecular weight is 672 g/mol. The lowest BCUT2D eigenvalue weighted by molar-refractivity contribution is 1.08. The first kappa shape index (κ1) is 27.9. The summed E-state index contributed by atoms with van der Waals surface area (Å²) < 4.78 is 5.19. The molecule has 0 amide bonds. The molecule has 0 saturated heterocycles. The lowest BCUT2D eigenvalue weighted by Crippen LogP contribution is -2.00. The van der Waals surface area contributed by atoms with Gasteiger partial charge in [0.2, 0.25) is 0 Å². The van der Waals surface area contributed by atoms with Crippen LogP contribution in [-0.4, -0.2) is 15.0 Å². The minimum Gasteiger partial charge on any atom is -0.208 e. The Hall–Kier alpha value is -6.01. The first-order chi connectivity index (χ1) is 24.7. The van der Waals surface area contributed by atoms with E-state index < -0.39 is 0 Å². The van der Waals surface area contributed by atoms with Gasteiger partial charge in [-0.3, -0.25) is 0 Å². The molecule has 0 spiro atoms. The van der Waals surface area contributed by atoms with Crippen molar-refractivity contribution in [1.29, 1.82) is 0 Å². The first-order valence-electron chi connectivity index (χ1n) is 16.7. The Morgan fingerprint density at radius 3 is 1.68 bits per heavy atom. The largest absolute Gasteiger partial charge is 0.208 e. The normalized spacial score (nSPS) is 12.0. The van der Waals surface area contributed by atoms with Gasteiger partial charge in [-0.15, -0.1) is 22.7 Å². The predicted molar refractivity (Wildman–Crippen MR) is 214 cm³/mol.